The summed E-state index contributed by atoms with van der Waals surface area (Å²) in [6.07, 6.45) is 0.814. The summed E-state index contributed by atoms with van der Waals surface area (Å²) in [6.45, 7) is 2.14. The van der Waals surface area contributed by atoms with Crippen LogP contribution in [0, 0.1) is 0 Å². The van der Waals surface area contributed by atoms with Crippen LogP contribution in [0.1, 0.15) is 34.5 Å². The van der Waals surface area contributed by atoms with Crippen LogP contribution < -0.4 is 10.6 Å². The number of hydrogen-bond donors (Lipinski definition) is 2. The van der Waals surface area contributed by atoms with E-state index in [1.807, 2.05) is 48.5 Å². The molecule has 2 N–H and O–H groups in total. The van der Waals surface area contributed by atoms with Crippen LogP contribution in [-0.2, 0) is 11.2 Å². The number of carbonyl (C=O) groups excluding carboxylic acids is 1. The van der Waals surface area contributed by atoms with Crippen LogP contribution in [-0.4, -0.2) is 17.7 Å². The molecule has 0 saturated heterocycles. The van der Waals surface area contributed by atoms with Gasteiger partial charge in [0.25, 0.3) is 0 Å². The van der Waals surface area contributed by atoms with Crippen LogP contribution >= 0.6 is 12.2 Å². The maximum Gasteiger partial charge on any atom is 0.338 e. The lowest BCUT2D eigenvalue weighted by Crippen LogP contribution is -2.33. The third-order valence-corrected chi connectivity index (χ3v) is 4.66. The van der Waals surface area contributed by atoms with E-state index in [-0.39, 0.29) is 12.0 Å². The van der Waals surface area contributed by atoms with Gasteiger partial charge < -0.3 is 15.4 Å². The molecule has 5 heteroatoms. The Bertz CT molecular complexity index is 928. The third kappa shape index (κ3) is 6.16. The summed E-state index contributed by atoms with van der Waals surface area (Å²) in [4.78, 5) is 11.8. The van der Waals surface area contributed by atoms with Crippen LogP contribution in [0.25, 0.3) is 0 Å². The van der Waals surface area contributed by atoms with Crippen molar-refractivity contribution in [2.75, 3.05) is 11.9 Å². The molecule has 0 saturated carbocycles. The summed E-state index contributed by atoms with van der Waals surface area (Å²) in [6, 6.07) is 27.7. The Morgan fingerprint density at radius 3 is 2.17 bits per heavy atom. The summed E-state index contributed by atoms with van der Waals surface area (Å²) in [5.41, 5.74) is 3.72. The van der Waals surface area contributed by atoms with Crippen LogP contribution in [0.15, 0.2) is 84.9 Å². The Labute approximate surface area is 176 Å². The standard InChI is InChI=1S/C24H24N2O2S/c1-2-28-23(27)20-13-15-21(16-14-20)25-24(29)26-22(19-11-7-4-8-12-19)17-18-9-5-3-6-10-18/h3-16,22H,2,17H2,1H3,(H2,25,26,29)/t22-/m0/s1. The molecule has 1 atom stereocenters. The smallest absolute Gasteiger partial charge is 0.338 e. The average molecular weight is 405 g/mol. The fraction of sp³-hybridized carbons (Fsp3) is 0.167. The highest BCUT2D eigenvalue weighted by atomic mass is 32.1. The second-order valence-electron chi connectivity index (χ2n) is 6.55. The van der Waals surface area contributed by atoms with Crippen LogP contribution in [0.4, 0.5) is 5.69 Å². The first-order valence-corrected chi connectivity index (χ1v) is 10.00. The van der Waals surface area contributed by atoms with E-state index < -0.39 is 0 Å². The van der Waals surface area contributed by atoms with Gasteiger partial charge in [-0.05, 0) is 61.0 Å². The second kappa shape index (κ2) is 10.4. The molecule has 0 spiro atoms. The van der Waals surface area contributed by atoms with Gasteiger partial charge in [-0.15, -0.1) is 0 Å². The normalized spacial score (nSPS) is 11.3. The number of hydrogen-bond acceptors (Lipinski definition) is 3. The molecule has 0 heterocycles. The summed E-state index contributed by atoms with van der Waals surface area (Å²) in [5.74, 6) is -0.327. The van der Waals surface area contributed by atoms with Gasteiger partial charge in [-0.3, -0.25) is 0 Å². The minimum atomic E-state index is -0.327. The van der Waals surface area contributed by atoms with Gasteiger partial charge in [0.05, 0.1) is 18.2 Å². The lowest BCUT2D eigenvalue weighted by Gasteiger charge is -2.22. The molecule has 0 bridgehead atoms. The fourth-order valence-electron chi connectivity index (χ4n) is 3.02. The lowest BCUT2D eigenvalue weighted by atomic mass is 9.99. The zero-order chi connectivity index (χ0) is 20.5. The molecule has 3 rings (SSSR count). The number of rotatable bonds is 7. The Balaban J connectivity index is 1.67. The van der Waals surface area contributed by atoms with Gasteiger partial charge in [-0.25, -0.2) is 4.79 Å². The van der Waals surface area contributed by atoms with Gasteiger partial charge in [-0.1, -0.05) is 60.7 Å². The molecular formula is C24H24N2O2S. The average Bonchev–Trinajstić information content (AvgIpc) is 2.75. The van der Waals surface area contributed by atoms with E-state index in [0.29, 0.717) is 17.3 Å². The van der Waals surface area contributed by atoms with Gasteiger partial charge >= 0.3 is 5.97 Å². The lowest BCUT2D eigenvalue weighted by molar-refractivity contribution is 0.0526. The molecule has 0 amide bonds. The molecule has 0 aliphatic carbocycles. The van der Waals surface area contributed by atoms with Crippen molar-refractivity contribution in [3.05, 3.63) is 102 Å². The Morgan fingerprint density at radius 1 is 0.931 bits per heavy atom. The molecule has 0 aliphatic rings. The minimum absolute atomic E-state index is 0.0393. The molecule has 3 aromatic carbocycles. The number of esters is 1. The fourth-order valence-corrected chi connectivity index (χ4v) is 3.28. The van der Waals surface area contributed by atoms with Crippen LogP contribution in [0.3, 0.4) is 0 Å². The number of ether oxygens (including phenoxy) is 1. The predicted octanol–water partition coefficient (Wildman–Crippen LogP) is 5.13. The van der Waals surface area contributed by atoms with Crippen molar-refractivity contribution in [1.29, 1.82) is 0 Å². The van der Waals surface area contributed by atoms with E-state index in [1.165, 1.54) is 5.56 Å². The Kier molecular flexibility index (Phi) is 7.36. The topological polar surface area (TPSA) is 50.4 Å². The molecule has 3 aromatic rings. The van der Waals surface area contributed by atoms with Crippen molar-refractivity contribution in [2.24, 2.45) is 0 Å². The maximum atomic E-state index is 11.8. The largest absolute Gasteiger partial charge is 0.462 e. The number of carbonyl (C=O) groups is 1. The number of nitrogens with one attached hydrogen (secondary N) is 2. The summed E-state index contributed by atoms with van der Waals surface area (Å²) in [7, 11) is 0. The van der Waals surface area contributed by atoms with E-state index >= 15 is 0 Å². The first kappa shape index (κ1) is 20.6. The van der Waals surface area contributed by atoms with Gasteiger partial charge in [0.1, 0.15) is 0 Å². The van der Waals surface area contributed by atoms with Crippen molar-refractivity contribution < 1.29 is 9.53 Å². The highest BCUT2D eigenvalue weighted by Gasteiger charge is 2.14. The van der Waals surface area contributed by atoms with Crippen molar-refractivity contribution in [3.8, 4) is 0 Å². The van der Waals surface area contributed by atoms with Gasteiger partial charge in [0.2, 0.25) is 0 Å². The predicted molar refractivity (Wildman–Crippen MR) is 121 cm³/mol. The minimum Gasteiger partial charge on any atom is -0.462 e. The molecule has 148 valence electrons. The van der Waals surface area contributed by atoms with E-state index in [2.05, 4.69) is 34.9 Å². The molecule has 0 aliphatic heterocycles. The first-order chi connectivity index (χ1) is 14.2. The summed E-state index contributed by atoms with van der Waals surface area (Å²) >= 11 is 5.54. The van der Waals surface area contributed by atoms with Crippen molar-refractivity contribution in [2.45, 2.75) is 19.4 Å². The zero-order valence-electron chi connectivity index (χ0n) is 16.3. The van der Waals surface area contributed by atoms with E-state index in [1.54, 1.807) is 19.1 Å². The van der Waals surface area contributed by atoms with E-state index in [0.717, 1.165) is 17.7 Å². The Morgan fingerprint density at radius 2 is 1.55 bits per heavy atom. The highest BCUT2D eigenvalue weighted by molar-refractivity contribution is 7.80. The SMILES string of the molecule is CCOC(=O)c1ccc(NC(=S)N[C@@H](Cc2ccccc2)c2ccccc2)cc1. The Hall–Kier alpha value is -3.18. The molecule has 0 fully saturated rings. The number of thiocarbonyl (C=S) groups is 1. The van der Waals surface area contributed by atoms with Crippen LogP contribution in [0.2, 0.25) is 0 Å². The van der Waals surface area contributed by atoms with E-state index in [4.69, 9.17) is 17.0 Å². The van der Waals surface area contributed by atoms with Crippen LogP contribution in [0.5, 0.6) is 0 Å². The molecule has 0 aromatic heterocycles. The summed E-state index contributed by atoms with van der Waals surface area (Å²) in [5, 5.41) is 7.14. The summed E-state index contributed by atoms with van der Waals surface area (Å²) < 4.78 is 5.01. The third-order valence-electron chi connectivity index (χ3n) is 4.44. The number of benzene rings is 3. The van der Waals surface area contributed by atoms with Crippen molar-refractivity contribution in [3.63, 3.8) is 0 Å². The van der Waals surface area contributed by atoms with Gasteiger partial charge in [-0.2, -0.15) is 0 Å². The van der Waals surface area contributed by atoms with Gasteiger partial charge in [0.15, 0.2) is 5.11 Å². The molecule has 29 heavy (non-hydrogen) atoms. The highest BCUT2D eigenvalue weighted by Crippen LogP contribution is 2.19. The van der Waals surface area contributed by atoms with E-state index in [9.17, 15) is 4.79 Å². The molecular weight excluding hydrogens is 380 g/mol. The van der Waals surface area contributed by atoms with Crippen molar-refractivity contribution in [1.82, 2.24) is 5.32 Å². The number of anilines is 1. The van der Waals surface area contributed by atoms with Crippen molar-refractivity contribution >= 4 is 29.0 Å². The van der Waals surface area contributed by atoms with Gasteiger partial charge in [0, 0.05) is 5.69 Å². The maximum absolute atomic E-state index is 11.8. The molecule has 0 unspecified atom stereocenters. The molecule has 4 nitrogen and oxygen atoms in total. The first-order valence-electron chi connectivity index (χ1n) is 9.59. The second-order valence-corrected chi connectivity index (χ2v) is 6.96. The zero-order valence-corrected chi connectivity index (χ0v) is 17.1. The quantitative estimate of drug-likeness (QED) is 0.422. The molecule has 0 radical (unpaired) electrons. The monoisotopic (exact) mass is 404 g/mol.